The maximum absolute atomic E-state index is 12.5. The molecule has 2 amide bonds. The van der Waals surface area contributed by atoms with E-state index in [9.17, 15) is 9.59 Å². The van der Waals surface area contributed by atoms with Crippen LogP contribution in [0.4, 0.5) is 4.79 Å². The van der Waals surface area contributed by atoms with Crippen molar-refractivity contribution in [3.8, 4) is 0 Å². The van der Waals surface area contributed by atoms with E-state index in [4.69, 9.17) is 4.74 Å². The summed E-state index contributed by atoms with van der Waals surface area (Å²) in [5, 5.41) is 5.54. The number of ether oxygens (including phenoxy) is 1. The minimum absolute atomic E-state index is 0.290. The molecule has 2 aromatic rings. The Hall–Kier alpha value is -2.25. The van der Waals surface area contributed by atoms with Crippen molar-refractivity contribution in [2.24, 2.45) is 0 Å². The van der Waals surface area contributed by atoms with E-state index in [1.54, 1.807) is 36.9 Å². The van der Waals surface area contributed by atoms with Gasteiger partial charge in [0, 0.05) is 26.1 Å². The van der Waals surface area contributed by atoms with Crippen LogP contribution in [0.2, 0.25) is 0 Å². The second-order valence-corrected chi connectivity index (χ2v) is 8.88. The molecule has 28 heavy (non-hydrogen) atoms. The number of benzene rings is 1. The molecule has 3 rings (SSSR count). The van der Waals surface area contributed by atoms with Crippen LogP contribution in [0.3, 0.4) is 0 Å². The van der Waals surface area contributed by atoms with Crippen LogP contribution >= 0.6 is 23.1 Å². The second kappa shape index (κ2) is 8.84. The van der Waals surface area contributed by atoms with Crippen molar-refractivity contribution in [1.29, 1.82) is 0 Å². The van der Waals surface area contributed by atoms with Crippen LogP contribution < -0.4 is 10.6 Å². The van der Waals surface area contributed by atoms with Crippen molar-refractivity contribution in [2.45, 2.75) is 44.4 Å². The normalized spacial score (nSPS) is 16.6. The summed E-state index contributed by atoms with van der Waals surface area (Å²) in [4.78, 5) is 27.9. The Kier molecular flexibility index (Phi) is 6.46. The average molecular weight is 417 g/mol. The number of amides is 2. The van der Waals surface area contributed by atoms with E-state index in [0.29, 0.717) is 11.3 Å². The zero-order valence-electron chi connectivity index (χ0n) is 16.4. The van der Waals surface area contributed by atoms with E-state index >= 15 is 0 Å². The summed E-state index contributed by atoms with van der Waals surface area (Å²) >= 11 is 3.40. The Morgan fingerprint density at radius 1 is 1.25 bits per heavy atom. The van der Waals surface area contributed by atoms with Gasteiger partial charge in [-0.15, -0.1) is 23.1 Å². The van der Waals surface area contributed by atoms with Gasteiger partial charge >= 0.3 is 12.0 Å². The first kappa shape index (κ1) is 20.5. The molecule has 0 radical (unpaired) electrons. The summed E-state index contributed by atoms with van der Waals surface area (Å²) in [6, 6.07) is 9.61. The first-order valence-corrected chi connectivity index (χ1v) is 10.9. The van der Waals surface area contributed by atoms with Crippen molar-refractivity contribution >= 4 is 35.1 Å². The lowest BCUT2D eigenvalue weighted by Crippen LogP contribution is -2.45. The topological polar surface area (TPSA) is 67.4 Å². The van der Waals surface area contributed by atoms with Crippen LogP contribution in [0.5, 0.6) is 0 Å². The van der Waals surface area contributed by atoms with Crippen LogP contribution in [0.25, 0.3) is 0 Å². The predicted molar refractivity (Wildman–Crippen MR) is 114 cm³/mol. The summed E-state index contributed by atoms with van der Waals surface area (Å²) < 4.78 is 5.21. The van der Waals surface area contributed by atoms with E-state index in [-0.39, 0.29) is 12.6 Å². The fraction of sp³-hybridized carbons (Fsp3) is 0.333. The van der Waals surface area contributed by atoms with E-state index in [0.717, 1.165) is 10.6 Å². The lowest BCUT2D eigenvalue weighted by atomic mass is 10.0. The lowest BCUT2D eigenvalue weighted by molar-refractivity contribution is -0.139. The van der Waals surface area contributed by atoms with Crippen molar-refractivity contribution in [3.63, 3.8) is 0 Å². The molecule has 2 N–H and O–H groups in total. The zero-order valence-corrected chi connectivity index (χ0v) is 18.1. The van der Waals surface area contributed by atoms with E-state index < -0.39 is 12.0 Å². The summed E-state index contributed by atoms with van der Waals surface area (Å²) in [5.74, 6) is 0.434. The Morgan fingerprint density at radius 3 is 2.71 bits per heavy atom. The number of carbonyl (C=O) groups excluding carboxylic acids is 2. The molecule has 0 saturated heterocycles. The Balaban J connectivity index is 1.85. The molecular formula is C21H24N2O3S2. The summed E-state index contributed by atoms with van der Waals surface area (Å²) in [5.41, 5.74) is 3.46. The highest BCUT2D eigenvalue weighted by atomic mass is 32.2. The van der Waals surface area contributed by atoms with Crippen LogP contribution in [-0.2, 0) is 15.3 Å². The number of esters is 1. The van der Waals surface area contributed by atoms with E-state index in [1.807, 2.05) is 12.1 Å². The maximum atomic E-state index is 12.5. The smallest absolute Gasteiger partial charge is 0.338 e. The molecule has 0 spiro atoms. The van der Waals surface area contributed by atoms with Gasteiger partial charge in [-0.25, -0.2) is 9.59 Å². The fourth-order valence-corrected chi connectivity index (χ4v) is 5.38. The highest BCUT2D eigenvalue weighted by molar-refractivity contribution is 7.98. The molecule has 1 atom stereocenters. The monoisotopic (exact) mass is 416 g/mol. The molecule has 5 nitrogen and oxygen atoms in total. The third-order valence-corrected chi connectivity index (χ3v) is 6.95. The molecule has 1 aliphatic heterocycles. The number of nitrogens with one attached hydrogen (secondary N) is 2. The number of rotatable bonds is 6. The van der Waals surface area contributed by atoms with Gasteiger partial charge in [-0.05, 0) is 51.0 Å². The highest BCUT2D eigenvalue weighted by Gasteiger charge is 2.33. The number of carbonyl (C=O) groups is 2. The van der Waals surface area contributed by atoms with Crippen molar-refractivity contribution < 1.29 is 14.3 Å². The Morgan fingerprint density at radius 2 is 2.00 bits per heavy atom. The molecule has 148 valence electrons. The first-order valence-electron chi connectivity index (χ1n) is 9.13. The summed E-state index contributed by atoms with van der Waals surface area (Å²) in [7, 11) is 0. The number of hydrogen-bond donors (Lipinski definition) is 2. The van der Waals surface area contributed by atoms with Crippen molar-refractivity contribution in [3.05, 3.63) is 62.5 Å². The molecule has 1 aliphatic rings. The minimum atomic E-state index is -0.492. The highest BCUT2D eigenvalue weighted by Crippen LogP contribution is 2.36. The van der Waals surface area contributed by atoms with Gasteiger partial charge in [-0.2, -0.15) is 0 Å². The molecule has 0 fully saturated rings. The van der Waals surface area contributed by atoms with E-state index in [2.05, 4.69) is 42.7 Å². The van der Waals surface area contributed by atoms with Gasteiger partial charge in [0.1, 0.15) is 0 Å². The van der Waals surface area contributed by atoms with Gasteiger partial charge in [-0.3, -0.25) is 0 Å². The number of aryl methyl sites for hydroxylation is 2. The van der Waals surface area contributed by atoms with Crippen molar-refractivity contribution in [1.82, 2.24) is 10.6 Å². The largest absolute Gasteiger partial charge is 0.463 e. The molecule has 0 saturated carbocycles. The minimum Gasteiger partial charge on any atom is -0.463 e. The van der Waals surface area contributed by atoms with Gasteiger partial charge in [0.25, 0.3) is 0 Å². The lowest BCUT2D eigenvalue weighted by Gasteiger charge is -2.27. The number of hydrogen-bond acceptors (Lipinski definition) is 5. The molecule has 0 bridgehead atoms. The second-order valence-electron chi connectivity index (χ2n) is 6.57. The van der Waals surface area contributed by atoms with Gasteiger partial charge in [0.15, 0.2) is 0 Å². The quantitative estimate of drug-likeness (QED) is 0.522. The Bertz CT molecular complexity index is 933. The third kappa shape index (κ3) is 4.42. The molecule has 2 heterocycles. The maximum Gasteiger partial charge on any atom is 0.338 e. The standard InChI is InChI=1S/C21H24N2O3S2/c1-5-26-20(24)18-13(3)22-21(25)23-19(18)17-10-15(14(4)28-17)11-27-16-9-7-6-8-12(16)2/h6-10,19H,5,11H2,1-4H3,(H2,22,23,25). The fourth-order valence-electron chi connectivity index (χ4n) is 3.09. The average Bonchev–Trinajstić information content (AvgIpc) is 3.01. The Labute approximate surface area is 173 Å². The van der Waals surface area contributed by atoms with Gasteiger partial charge in [0.2, 0.25) is 0 Å². The molecule has 1 aromatic heterocycles. The SMILES string of the molecule is CCOC(=O)C1=C(C)NC(=O)NC1c1cc(CSc2ccccc2C)c(C)s1. The predicted octanol–water partition coefficient (Wildman–Crippen LogP) is 4.85. The molecule has 1 unspecified atom stereocenters. The van der Waals surface area contributed by atoms with Crippen LogP contribution in [0.1, 0.15) is 40.8 Å². The number of urea groups is 1. The summed E-state index contributed by atoms with van der Waals surface area (Å²) in [6.45, 7) is 7.97. The number of thioether (sulfide) groups is 1. The first-order chi connectivity index (χ1) is 13.4. The molecule has 1 aromatic carbocycles. The van der Waals surface area contributed by atoms with Crippen LogP contribution in [-0.4, -0.2) is 18.6 Å². The number of allylic oxidation sites excluding steroid dienone is 1. The molecular weight excluding hydrogens is 392 g/mol. The number of thiophene rings is 1. The van der Waals surface area contributed by atoms with Gasteiger partial charge in [0.05, 0.1) is 18.2 Å². The molecule has 7 heteroatoms. The van der Waals surface area contributed by atoms with Crippen LogP contribution in [0, 0.1) is 13.8 Å². The van der Waals surface area contributed by atoms with Crippen molar-refractivity contribution in [2.75, 3.05) is 6.61 Å². The van der Waals surface area contributed by atoms with Crippen LogP contribution in [0.15, 0.2) is 46.5 Å². The summed E-state index contributed by atoms with van der Waals surface area (Å²) in [6.07, 6.45) is 0. The van der Waals surface area contributed by atoms with Gasteiger partial charge < -0.3 is 15.4 Å². The van der Waals surface area contributed by atoms with Gasteiger partial charge in [-0.1, -0.05) is 18.2 Å². The molecule has 0 aliphatic carbocycles. The zero-order chi connectivity index (χ0) is 20.3. The third-order valence-electron chi connectivity index (χ3n) is 4.57. The van der Waals surface area contributed by atoms with E-state index in [1.165, 1.54) is 20.9 Å².